The van der Waals surface area contributed by atoms with Crippen LogP contribution < -0.4 is 0 Å². The summed E-state index contributed by atoms with van der Waals surface area (Å²) >= 11 is 1.79. The van der Waals surface area contributed by atoms with Gasteiger partial charge in [0.25, 0.3) is 0 Å². The predicted molar refractivity (Wildman–Crippen MR) is 60.6 cm³/mol. The minimum absolute atomic E-state index is 0.204. The molecule has 1 aromatic rings. The number of rotatable bonds is 3. The molecule has 1 heterocycles. The van der Waals surface area contributed by atoms with Crippen LogP contribution in [0.1, 0.15) is 41.2 Å². The number of aliphatic hydroxyl groups excluding tert-OH is 1. The summed E-state index contributed by atoms with van der Waals surface area (Å²) < 4.78 is 0. The first-order valence-corrected chi connectivity index (χ1v) is 6.20. The van der Waals surface area contributed by atoms with Gasteiger partial charge in [0.2, 0.25) is 0 Å². The van der Waals surface area contributed by atoms with Crippen LogP contribution in [0.15, 0.2) is 6.07 Å². The van der Waals surface area contributed by atoms with Crippen LogP contribution in [0, 0.1) is 25.7 Å². The summed E-state index contributed by atoms with van der Waals surface area (Å²) in [4.78, 5) is 2.60. The highest BCUT2D eigenvalue weighted by Gasteiger charge is 2.41. The lowest BCUT2D eigenvalue weighted by molar-refractivity contribution is 0.146. The van der Waals surface area contributed by atoms with Gasteiger partial charge in [0.1, 0.15) is 0 Å². The summed E-state index contributed by atoms with van der Waals surface area (Å²) in [5.41, 5.74) is 1.17. The van der Waals surface area contributed by atoms with Crippen molar-refractivity contribution < 1.29 is 5.11 Å². The first kappa shape index (κ1) is 10.2. The van der Waals surface area contributed by atoms with Crippen LogP contribution in [-0.2, 0) is 0 Å². The Kier molecular flexibility index (Phi) is 2.67. The normalized spacial score (nSPS) is 27.7. The predicted octanol–water partition coefficient (Wildman–Crippen LogP) is 3.44. The molecular weight excluding hydrogens is 192 g/mol. The molecule has 2 heteroatoms. The Bertz CT molecular complexity index is 329. The summed E-state index contributed by atoms with van der Waals surface area (Å²) in [6.45, 7) is 6.43. The van der Waals surface area contributed by atoms with Crippen LogP contribution in [0.4, 0.5) is 0 Å². The Labute approximate surface area is 89.8 Å². The second-order valence-electron chi connectivity index (χ2n) is 4.38. The minimum atomic E-state index is -0.204. The monoisotopic (exact) mass is 210 g/mol. The maximum Gasteiger partial charge on any atom is 0.0831 e. The van der Waals surface area contributed by atoms with E-state index in [0.717, 1.165) is 5.92 Å². The summed E-state index contributed by atoms with van der Waals surface area (Å²) in [5.74, 6) is 1.30. The molecule has 78 valence electrons. The summed E-state index contributed by atoms with van der Waals surface area (Å²) in [5, 5.41) is 10.2. The topological polar surface area (TPSA) is 20.2 Å². The molecule has 1 saturated carbocycles. The number of hydrogen-bond acceptors (Lipinski definition) is 2. The maximum absolute atomic E-state index is 10.2. The van der Waals surface area contributed by atoms with Crippen molar-refractivity contribution >= 4 is 11.3 Å². The molecule has 0 aromatic carbocycles. The third-order valence-electron chi connectivity index (χ3n) is 3.31. The third-order valence-corrected chi connectivity index (χ3v) is 4.29. The standard InChI is InChI=1S/C12H18OS/c1-4-9-6-11(9)12(13)10-5-7(2)14-8(10)3/h5,9,11-13H,4,6H2,1-3H3. The summed E-state index contributed by atoms with van der Waals surface area (Å²) in [7, 11) is 0. The van der Waals surface area contributed by atoms with Gasteiger partial charge in [0.15, 0.2) is 0 Å². The van der Waals surface area contributed by atoms with Crippen molar-refractivity contribution in [3.05, 3.63) is 21.4 Å². The zero-order valence-electron chi connectivity index (χ0n) is 9.08. The Morgan fingerprint density at radius 3 is 2.71 bits per heavy atom. The van der Waals surface area contributed by atoms with Gasteiger partial charge in [-0.05, 0) is 43.7 Å². The van der Waals surface area contributed by atoms with Gasteiger partial charge >= 0.3 is 0 Å². The van der Waals surface area contributed by atoms with E-state index in [0.29, 0.717) is 5.92 Å². The van der Waals surface area contributed by atoms with E-state index in [1.165, 1.54) is 28.2 Å². The number of thiophene rings is 1. The van der Waals surface area contributed by atoms with Crippen molar-refractivity contribution in [1.29, 1.82) is 0 Å². The molecule has 2 rings (SSSR count). The molecule has 3 atom stereocenters. The maximum atomic E-state index is 10.2. The first-order chi connectivity index (χ1) is 6.63. The average molecular weight is 210 g/mol. The lowest BCUT2D eigenvalue weighted by Gasteiger charge is -2.09. The average Bonchev–Trinajstić information content (AvgIpc) is 2.85. The smallest absolute Gasteiger partial charge is 0.0831 e. The van der Waals surface area contributed by atoms with Crippen molar-refractivity contribution in [3.63, 3.8) is 0 Å². The number of aliphatic hydroxyl groups is 1. The molecule has 1 aliphatic rings. The molecule has 1 aliphatic carbocycles. The number of aryl methyl sites for hydroxylation is 2. The molecule has 0 spiro atoms. The van der Waals surface area contributed by atoms with Gasteiger partial charge in [-0.1, -0.05) is 13.3 Å². The molecule has 1 aromatic heterocycles. The van der Waals surface area contributed by atoms with E-state index in [1.54, 1.807) is 11.3 Å². The minimum Gasteiger partial charge on any atom is -0.388 e. The third kappa shape index (κ3) is 1.73. The van der Waals surface area contributed by atoms with E-state index in [4.69, 9.17) is 0 Å². The van der Waals surface area contributed by atoms with Crippen molar-refractivity contribution in [2.75, 3.05) is 0 Å². The van der Waals surface area contributed by atoms with Crippen LogP contribution in [0.2, 0.25) is 0 Å². The molecule has 14 heavy (non-hydrogen) atoms. The van der Waals surface area contributed by atoms with Crippen LogP contribution in [0.3, 0.4) is 0 Å². The Morgan fingerprint density at radius 2 is 2.29 bits per heavy atom. The fourth-order valence-electron chi connectivity index (χ4n) is 2.30. The number of hydrogen-bond donors (Lipinski definition) is 1. The van der Waals surface area contributed by atoms with Gasteiger partial charge in [0, 0.05) is 9.75 Å². The van der Waals surface area contributed by atoms with Gasteiger partial charge in [0.05, 0.1) is 6.10 Å². The fourth-order valence-corrected chi connectivity index (χ4v) is 3.27. The first-order valence-electron chi connectivity index (χ1n) is 5.38. The van der Waals surface area contributed by atoms with E-state index in [1.807, 2.05) is 0 Å². The molecule has 3 unspecified atom stereocenters. The van der Waals surface area contributed by atoms with Crippen LogP contribution >= 0.6 is 11.3 Å². The molecule has 0 aliphatic heterocycles. The molecule has 0 amide bonds. The van der Waals surface area contributed by atoms with Crippen LogP contribution in [0.5, 0.6) is 0 Å². The van der Waals surface area contributed by atoms with Gasteiger partial charge in [-0.3, -0.25) is 0 Å². The Hall–Kier alpha value is -0.340. The second kappa shape index (κ2) is 3.67. The Balaban J connectivity index is 2.12. The van der Waals surface area contributed by atoms with Gasteiger partial charge in [-0.2, -0.15) is 0 Å². The summed E-state index contributed by atoms with van der Waals surface area (Å²) in [6.07, 6.45) is 2.22. The lowest BCUT2D eigenvalue weighted by atomic mass is 10.0. The van der Waals surface area contributed by atoms with Crippen molar-refractivity contribution in [2.45, 2.75) is 39.7 Å². The molecule has 1 N–H and O–H groups in total. The Morgan fingerprint density at radius 1 is 1.57 bits per heavy atom. The van der Waals surface area contributed by atoms with E-state index < -0.39 is 0 Å². The lowest BCUT2D eigenvalue weighted by Crippen LogP contribution is -2.01. The highest BCUT2D eigenvalue weighted by Crippen LogP contribution is 2.50. The van der Waals surface area contributed by atoms with Crippen LogP contribution in [0.25, 0.3) is 0 Å². The SMILES string of the molecule is CCC1CC1C(O)c1cc(C)sc1C. The fraction of sp³-hybridized carbons (Fsp3) is 0.667. The van der Waals surface area contributed by atoms with Gasteiger partial charge in [-0.25, -0.2) is 0 Å². The molecule has 1 nitrogen and oxygen atoms in total. The quantitative estimate of drug-likeness (QED) is 0.810. The zero-order chi connectivity index (χ0) is 10.3. The zero-order valence-corrected chi connectivity index (χ0v) is 9.90. The van der Waals surface area contributed by atoms with Gasteiger partial charge < -0.3 is 5.11 Å². The molecule has 0 bridgehead atoms. The van der Waals surface area contributed by atoms with Crippen molar-refractivity contribution in [2.24, 2.45) is 11.8 Å². The van der Waals surface area contributed by atoms with Crippen molar-refractivity contribution in [3.8, 4) is 0 Å². The van der Waals surface area contributed by atoms with Crippen LogP contribution in [-0.4, -0.2) is 5.11 Å². The highest BCUT2D eigenvalue weighted by atomic mass is 32.1. The molecule has 0 saturated heterocycles. The van der Waals surface area contributed by atoms with Gasteiger partial charge in [-0.15, -0.1) is 11.3 Å². The molecule has 1 fully saturated rings. The highest BCUT2D eigenvalue weighted by molar-refractivity contribution is 7.12. The molecule has 0 radical (unpaired) electrons. The van der Waals surface area contributed by atoms with Crippen molar-refractivity contribution in [1.82, 2.24) is 0 Å². The molecular formula is C12H18OS. The second-order valence-corrected chi connectivity index (χ2v) is 5.84. The van der Waals surface area contributed by atoms with E-state index in [-0.39, 0.29) is 6.10 Å². The summed E-state index contributed by atoms with van der Waals surface area (Å²) in [6, 6.07) is 2.15. The van der Waals surface area contributed by atoms with E-state index in [2.05, 4.69) is 26.8 Å². The van der Waals surface area contributed by atoms with E-state index in [9.17, 15) is 5.11 Å². The van der Waals surface area contributed by atoms with E-state index >= 15 is 0 Å². The largest absolute Gasteiger partial charge is 0.388 e.